The predicted molar refractivity (Wildman–Crippen MR) is 40.7 cm³/mol. The number of amides is 1. The normalized spacial score (nSPS) is 21.3. The highest BCUT2D eigenvalue weighted by atomic mass is 16.7. The molecule has 0 spiro atoms. The summed E-state index contributed by atoms with van der Waals surface area (Å²) in [5, 5.41) is 8.78. The molecule has 5 nitrogen and oxygen atoms in total. The number of hydrogen-bond acceptors (Lipinski definition) is 3. The number of carboxylic acid groups (broad SMARTS) is 1. The van der Waals surface area contributed by atoms with Crippen molar-refractivity contribution in [2.24, 2.45) is 0 Å². The van der Waals surface area contributed by atoms with E-state index in [0.29, 0.717) is 13.0 Å². The Kier molecular flexibility index (Phi) is 2.54. The van der Waals surface area contributed by atoms with E-state index in [0.717, 1.165) is 6.42 Å². The van der Waals surface area contributed by atoms with Gasteiger partial charge in [-0.25, -0.2) is 4.79 Å². The van der Waals surface area contributed by atoms with Gasteiger partial charge < -0.3 is 14.6 Å². The van der Waals surface area contributed by atoms with E-state index < -0.39 is 12.0 Å². The molecule has 1 fully saturated rings. The largest absolute Gasteiger partial charge is 0.465 e. The highest BCUT2D eigenvalue weighted by molar-refractivity contribution is 5.66. The summed E-state index contributed by atoms with van der Waals surface area (Å²) in [6.07, 6.45) is 0.358. The van der Waals surface area contributed by atoms with Gasteiger partial charge in [-0.1, -0.05) is 0 Å². The molecular formula is C7H13NO4. The Balaban J connectivity index is 2.78. The molecule has 0 aromatic rings. The predicted octanol–water partition coefficient (Wildman–Crippen LogP) is 0.707. The van der Waals surface area contributed by atoms with Crippen molar-refractivity contribution < 1.29 is 19.4 Å². The van der Waals surface area contributed by atoms with Gasteiger partial charge in [0, 0.05) is 27.2 Å². The lowest BCUT2D eigenvalue weighted by Gasteiger charge is -2.33. The minimum atomic E-state index is -1.05. The van der Waals surface area contributed by atoms with Gasteiger partial charge in [-0.2, -0.15) is 0 Å². The molecule has 5 heteroatoms. The van der Waals surface area contributed by atoms with Crippen LogP contribution in [-0.4, -0.2) is 42.8 Å². The number of carbonyl (C=O) groups is 1. The molecule has 1 aliphatic heterocycles. The fourth-order valence-corrected chi connectivity index (χ4v) is 1.52. The Hall–Kier alpha value is -0.810. The molecule has 0 saturated carbocycles. The maximum atomic E-state index is 10.7. The van der Waals surface area contributed by atoms with Gasteiger partial charge in [-0.15, -0.1) is 0 Å². The third kappa shape index (κ3) is 1.25. The van der Waals surface area contributed by atoms with Gasteiger partial charge in [0.25, 0.3) is 5.91 Å². The first-order valence-corrected chi connectivity index (χ1v) is 3.77. The van der Waals surface area contributed by atoms with E-state index in [1.807, 2.05) is 0 Å². The average molecular weight is 175 g/mol. The zero-order valence-electron chi connectivity index (χ0n) is 7.24. The van der Waals surface area contributed by atoms with E-state index in [-0.39, 0.29) is 0 Å². The van der Waals surface area contributed by atoms with Crippen LogP contribution in [0.15, 0.2) is 0 Å². The molecule has 1 amide bonds. The molecule has 0 unspecified atom stereocenters. The lowest BCUT2D eigenvalue weighted by Crippen LogP contribution is -2.49. The number of nitrogens with zero attached hydrogens (tertiary/aromatic N) is 1. The Morgan fingerprint density at radius 2 is 2.08 bits per heavy atom. The first kappa shape index (κ1) is 9.28. The summed E-state index contributed by atoms with van der Waals surface area (Å²) in [7, 11) is 2.90. The number of hydrogen-bond donors (Lipinski definition) is 1. The molecule has 0 aromatic heterocycles. The van der Waals surface area contributed by atoms with Crippen LogP contribution in [0.5, 0.6) is 0 Å². The molecular weight excluding hydrogens is 162 g/mol. The Morgan fingerprint density at radius 3 is 2.42 bits per heavy atom. The fourth-order valence-electron chi connectivity index (χ4n) is 1.52. The molecule has 1 N–H and O–H groups in total. The topological polar surface area (TPSA) is 59.0 Å². The monoisotopic (exact) mass is 175 g/mol. The van der Waals surface area contributed by atoms with Crippen molar-refractivity contribution in [1.82, 2.24) is 4.90 Å². The van der Waals surface area contributed by atoms with Crippen molar-refractivity contribution in [3.63, 3.8) is 0 Å². The maximum Gasteiger partial charge on any atom is 0.411 e. The number of likely N-dealkylation sites (tertiary alicyclic amines) is 1. The van der Waals surface area contributed by atoms with Crippen LogP contribution in [0.1, 0.15) is 12.8 Å². The van der Waals surface area contributed by atoms with Crippen LogP contribution in [0.2, 0.25) is 0 Å². The zero-order chi connectivity index (χ0) is 9.19. The summed E-state index contributed by atoms with van der Waals surface area (Å²) < 4.78 is 10.1. The second kappa shape index (κ2) is 3.28. The molecule has 0 aromatic carbocycles. The lowest BCUT2D eigenvalue weighted by molar-refractivity contribution is -0.266. The van der Waals surface area contributed by atoms with Crippen LogP contribution in [0.25, 0.3) is 0 Å². The number of rotatable bonds is 2. The summed E-state index contributed by atoms with van der Waals surface area (Å²) in [6.45, 7) is 0.469. The summed E-state index contributed by atoms with van der Waals surface area (Å²) in [4.78, 5) is 11.9. The standard InChI is InChI=1S/C7H13NO4/c1-11-7(12-2)4-3-5-8(7)6(9)10/h3-5H2,1-2H3,(H,9,10). The molecule has 0 bridgehead atoms. The van der Waals surface area contributed by atoms with Crippen LogP contribution in [-0.2, 0) is 9.47 Å². The van der Waals surface area contributed by atoms with Gasteiger partial charge in [0.15, 0.2) is 0 Å². The molecule has 0 radical (unpaired) electrons. The van der Waals surface area contributed by atoms with Crippen LogP contribution in [0.4, 0.5) is 4.79 Å². The highest BCUT2D eigenvalue weighted by Crippen LogP contribution is 2.30. The number of methoxy groups -OCH3 is 2. The van der Waals surface area contributed by atoms with Crippen LogP contribution >= 0.6 is 0 Å². The van der Waals surface area contributed by atoms with E-state index in [2.05, 4.69) is 0 Å². The van der Waals surface area contributed by atoms with Crippen molar-refractivity contribution >= 4 is 6.09 Å². The third-order valence-corrected chi connectivity index (χ3v) is 2.15. The third-order valence-electron chi connectivity index (χ3n) is 2.15. The second-order valence-electron chi connectivity index (χ2n) is 2.66. The molecule has 1 saturated heterocycles. The summed E-state index contributed by atoms with van der Waals surface area (Å²) in [6, 6.07) is 0. The van der Waals surface area contributed by atoms with Gasteiger partial charge in [0.05, 0.1) is 0 Å². The molecule has 1 rings (SSSR count). The van der Waals surface area contributed by atoms with Crippen LogP contribution in [0.3, 0.4) is 0 Å². The Labute approximate surface area is 70.9 Å². The van der Waals surface area contributed by atoms with E-state index in [9.17, 15) is 4.79 Å². The minimum absolute atomic E-state index is 0.469. The van der Waals surface area contributed by atoms with E-state index in [1.54, 1.807) is 0 Å². The highest BCUT2D eigenvalue weighted by Gasteiger charge is 2.44. The van der Waals surface area contributed by atoms with Crippen molar-refractivity contribution in [2.45, 2.75) is 18.8 Å². The molecule has 12 heavy (non-hydrogen) atoms. The van der Waals surface area contributed by atoms with Gasteiger partial charge in [-0.3, -0.25) is 4.90 Å². The quantitative estimate of drug-likeness (QED) is 0.628. The smallest absolute Gasteiger partial charge is 0.411 e. The molecule has 0 aliphatic carbocycles. The van der Waals surface area contributed by atoms with Crippen molar-refractivity contribution in [1.29, 1.82) is 0 Å². The minimum Gasteiger partial charge on any atom is -0.465 e. The van der Waals surface area contributed by atoms with Crippen molar-refractivity contribution in [2.75, 3.05) is 20.8 Å². The molecule has 70 valence electrons. The SMILES string of the molecule is COC1(OC)CCCN1C(=O)O. The molecule has 1 heterocycles. The first-order valence-electron chi connectivity index (χ1n) is 3.77. The fraction of sp³-hybridized carbons (Fsp3) is 0.857. The zero-order valence-corrected chi connectivity index (χ0v) is 7.24. The first-order chi connectivity index (χ1) is 5.66. The van der Waals surface area contributed by atoms with Gasteiger partial charge in [0.1, 0.15) is 0 Å². The van der Waals surface area contributed by atoms with E-state index in [4.69, 9.17) is 14.6 Å². The second-order valence-corrected chi connectivity index (χ2v) is 2.66. The summed E-state index contributed by atoms with van der Waals surface area (Å²) >= 11 is 0. The van der Waals surface area contributed by atoms with Gasteiger partial charge >= 0.3 is 6.09 Å². The Bertz CT molecular complexity index is 178. The van der Waals surface area contributed by atoms with Crippen molar-refractivity contribution in [3.05, 3.63) is 0 Å². The molecule has 1 aliphatic rings. The summed E-state index contributed by atoms with van der Waals surface area (Å²) in [5.74, 6) is -1.05. The lowest BCUT2D eigenvalue weighted by atomic mass is 10.3. The number of ether oxygens (including phenoxy) is 2. The Morgan fingerprint density at radius 1 is 1.50 bits per heavy atom. The van der Waals surface area contributed by atoms with Gasteiger partial charge in [-0.05, 0) is 6.42 Å². The maximum absolute atomic E-state index is 10.7. The molecule has 0 atom stereocenters. The van der Waals surface area contributed by atoms with E-state index >= 15 is 0 Å². The average Bonchev–Trinajstić information content (AvgIpc) is 2.48. The van der Waals surface area contributed by atoms with E-state index in [1.165, 1.54) is 19.1 Å². The van der Waals surface area contributed by atoms with Crippen LogP contribution < -0.4 is 0 Å². The van der Waals surface area contributed by atoms with Crippen LogP contribution in [0, 0.1) is 0 Å². The summed E-state index contributed by atoms with van der Waals surface area (Å²) in [5.41, 5.74) is 0. The van der Waals surface area contributed by atoms with Crippen molar-refractivity contribution in [3.8, 4) is 0 Å². The van der Waals surface area contributed by atoms with Gasteiger partial charge in [0.2, 0.25) is 0 Å².